The van der Waals surface area contributed by atoms with E-state index in [1.807, 2.05) is 18.3 Å². The SMILES string of the molecule is CCOCC(C)OCc1ccc(CNC2CC2)s1. The lowest BCUT2D eigenvalue weighted by molar-refractivity contribution is -0.0107. The second kappa shape index (κ2) is 7.24. The van der Waals surface area contributed by atoms with Gasteiger partial charge in [0.2, 0.25) is 0 Å². The lowest BCUT2D eigenvalue weighted by Crippen LogP contribution is -2.15. The van der Waals surface area contributed by atoms with Crippen molar-refractivity contribution in [2.75, 3.05) is 13.2 Å². The number of ether oxygens (including phenoxy) is 2. The van der Waals surface area contributed by atoms with E-state index in [0.717, 1.165) is 19.2 Å². The lowest BCUT2D eigenvalue weighted by Gasteiger charge is -2.11. The van der Waals surface area contributed by atoms with E-state index in [1.165, 1.54) is 22.6 Å². The fourth-order valence-electron chi connectivity index (χ4n) is 1.68. The molecule has 0 spiro atoms. The molecule has 102 valence electrons. The van der Waals surface area contributed by atoms with Crippen molar-refractivity contribution in [3.05, 3.63) is 21.9 Å². The first-order valence-electron chi connectivity index (χ1n) is 6.78. The van der Waals surface area contributed by atoms with Crippen LogP contribution in [0.3, 0.4) is 0 Å². The average molecular weight is 269 g/mol. The summed E-state index contributed by atoms with van der Waals surface area (Å²) in [6.45, 7) is 7.19. The maximum absolute atomic E-state index is 5.75. The molecule has 2 rings (SSSR count). The molecule has 1 unspecified atom stereocenters. The van der Waals surface area contributed by atoms with Crippen molar-refractivity contribution in [2.45, 2.75) is 52.0 Å². The van der Waals surface area contributed by atoms with Crippen LogP contribution in [0.5, 0.6) is 0 Å². The predicted molar refractivity (Wildman–Crippen MR) is 74.9 cm³/mol. The van der Waals surface area contributed by atoms with Gasteiger partial charge in [-0.3, -0.25) is 0 Å². The molecule has 1 saturated carbocycles. The summed E-state index contributed by atoms with van der Waals surface area (Å²) in [5, 5.41) is 3.53. The fourth-order valence-corrected chi connectivity index (χ4v) is 2.58. The molecule has 0 radical (unpaired) electrons. The van der Waals surface area contributed by atoms with Crippen molar-refractivity contribution in [2.24, 2.45) is 0 Å². The molecule has 0 saturated heterocycles. The number of rotatable bonds is 9. The smallest absolute Gasteiger partial charge is 0.0814 e. The minimum absolute atomic E-state index is 0.167. The van der Waals surface area contributed by atoms with Gasteiger partial charge in [0.1, 0.15) is 0 Å². The Morgan fingerprint density at radius 1 is 1.39 bits per heavy atom. The maximum Gasteiger partial charge on any atom is 0.0814 e. The van der Waals surface area contributed by atoms with Gasteiger partial charge in [0, 0.05) is 28.9 Å². The third-order valence-electron chi connectivity index (χ3n) is 2.93. The molecule has 1 aromatic heterocycles. The van der Waals surface area contributed by atoms with Gasteiger partial charge in [0.05, 0.1) is 19.3 Å². The van der Waals surface area contributed by atoms with Gasteiger partial charge in [-0.1, -0.05) is 0 Å². The van der Waals surface area contributed by atoms with Gasteiger partial charge in [-0.05, 0) is 38.8 Å². The summed E-state index contributed by atoms with van der Waals surface area (Å²) in [4.78, 5) is 2.70. The van der Waals surface area contributed by atoms with Gasteiger partial charge < -0.3 is 14.8 Å². The normalized spacial score (nSPS) is 17.0. The molecule has 1 N–H and O–H groups in total. The number of nitrogens with one attached hydrogen (secondary N) is 1. The molecule has 1 aromatic rings. The van der Waals surface area contributed by atoms with Crippen LogP contribution in [0.25, 0.3) is 0 Å². The second-order valence-electron chi connectivity index (χ2n) is 4.80. The van der Waals surface area contributed by atoms with Crippen LogP contribution in [0.2, 0.25) is 0 Å². The zero-order chi connectivity index (χ0) is 12.8. The Hall–Kier alpha value is -0.420. The van der Waals surface area contributed by atoms with Crippen LogP contribution in [0.15, 0.2) is 12.1 Å². The molecule has 0 aliphatic heterocycles. The molecule has 4 heteroatoms. The van der Waals surface area contributed by atoms with Crippen LogP contribution in [0.1, 0.15) is 36.4 Å². The van der Waals surface area contributed by atoms with Crippen molar-refractivity contribution in [3.63, 3.8) is 0 Å². The van der Waals surface area contributed by atoms with Crippen LogP contribution < -0.4 is 5.32 Å². The third-order valence-corrected chi connectivity index (χ3v) is 3.99. The van der Waals surface area contributed by atoms with Crippen molar-refractivity contribution in [3.8, 4) is 0 Å². The molecule has 1 aliphatic rings. The van der Waals surface area contributed by atoms with E-state index in [0.29, 0.717) is 13.2 Å². The van der Waals surface area contributed by atoms with E-state index in [4.69, 9.17) is 9.47 Å². The molecular weight excluding hydrogens is 246 g/mol. The Morgan fingerprint density at radius 3 is 2.89 bits per heavy atom. The van der Waals surface area contributed by atoms with Gasteiger partial charge >= 0.3 is 0 Å². The van der Waals surface area contributed by atoms with Crippen molar-refractivity contribution < 1.29 is 9.47 Å². The van der Waals surface area contributed by atoms with E-state index in [-0.39, 0.29) is 6.10 Å². The maximum atomic E-state index is 5.75. The van der Waals surface area contributed by atoms with Crippen LogP contribution in [0, 0.1) is 0 Å². The first kappa shape index (κ1) is 14.0. The van der Waals surface area contributed by atoms with E-state index in [1.54, 1.807) is 0 Å². The van der Waals surface area contributed by atoms with Crippen LogP contribution in [0.4, 0.5) is 0 Å². The summed E-state index contributed by atoms with van der Waals surface area (Å²) in [5.74, 6) is 0. The molecule has 18 heavy (non-hydrogen) atoms. The molecule has 0 amide bonds. The Balaban J connectivity index is 1.65. The van der Waals surface area contributed by atoms with Crippen molar-refractivity contribution in [1.29, 1.82) is 0 Å². The molecule has 1 fully saturated rings. The predicted octanol–water partition coefficient (Wildman–Crippen LogP) is 2.94. The molecule has 1 atom stereocenters. The fraction of sp³-hybridized carbons (Fsp3) is 0.714. The minimum Gasteiger partial charge on any atom is -0.379 e. The first-order valence-corrected chi connectivity index (χ1v) is 7.60. The van der Waals surface area contributed by atoms with Crippen LogP contribution in [-0.2, 0) is 22.6 Å². The third kappa shape index (κ3) is 5.06. The highest BCUT2D eigenvalue weighted by atomic mass is 32.1. The largest absolute Gasteiger partial charge is 0.379 e. The van der Waals surface area contributed by atoms with Gasteiger partial charge in [-0.25, -0.2) is 0 Å². The zero-order valence-corrected chi connectivity index (χ0v) is 12.1. The second-order valence-corrected chi connectivity index (χ2v) is 6.06. The zero-order valence-electron chi connectivity index (χ0n) is 11.3. The summed E-state index contributed by atoms with van der Waals surface area (Å²) >= 11 is 1.84. The number of thiophene rings is 1. The average Bonchev–Trinajstić information content (AvgIpc) is 3.10. The summed E-state index contributed by atoms with van der Waals surface area (Å²) in [6, 6.07) is 5.14. The van der Waals surface area contributed by atoms with Crippen molar-refractivity contribution in [1.82, 2.24) is 5.32 Å². The molecule has 3 nitrogen and oxygen atoms in total. The summed E-state index contributed by atoms with van der Waals surface area (Å²) in [6.07, 6.45) is 2.85. The minimum atomic E-state index is 0.167. The highest BCUT2D eigenvalue weighted by Gasteiger charge is 2.20. The van der Waals surface area contributed by atoms with E-state index in [9.17, 15) is 0 Å². The summed E-state index contributed by atoms with van der Waals surface area (Å²) in [5.41, 5.74) is 0. The molecule has 0 aromatic carbocycles. The highest BCUT2D eigenvalue weighted by Crippen LogP contribution is 2.22. The van der Waals surface area contributed by atoms with Gasteiger partial charge in [-0.15, -0.1) is 11.3 Å². The highest BCUT2D eigenvalue weighted by molar-refractivity contribution is 7.11. The number of hydrogen-bond donors (Lipinski definition) is 1. The summed E-state index contributed by atoms with van der Waals surface area (Å²) in [7, 11) is 0. The molecular formula is C14H23NO2S. The number of hydrogen-bond acceptors (Lipinski definition) is 4. The quantitative estimate of drug-likeness (QED) is 0.747. The first-order chi connectivity index (χ1) is 8.78. The lowest BCUT2D eigenvalue weighted by atomic mass is 10.4. The molecule has 1 aliphatic carbocycles. The van der Waals surface area contributed by atoms with E-state index < -0.39 is 0 Å². The van der Waals surface area contributed by atoms with Crippen LogP contribution in [-0.4, -0.2) is 25.4 Å². The van der Waals surface area contributed by atoms with Crippen molar-refractivity contribution >= 4 is 11.3 Å². The Kier molecular flexibility index (Phi) is 5.63. The Labute approximate surface area is 113 Å². The topological polar surface area (TPSA) is 30.5 Å². The van der Waals surface area contributed by atoms with Crippen LogP contribution >= 0.6 is 11.3 Å². The summed E-state index contributed by atoms with van der Waals surface area (Å²) < 4.78 is 11.1. The standard InChI is InChI=1S/C14H23NO2S/c1-3-16-9-11(2)17-10-14-7-6-13(18-14)8-15-12-4-5-12/h6-7,11-12,15H,3-5,8-10H2,1-2H3. The van der Waals surface area contributed by atoms with Gasteiger partial charge in [0.25, 0.3) is 0 Å². The Bertz CT molecular complexity index is 349. The molecule has 1 heterocycles. The molecule has 0 bridgehead atoms. The van der Waals surface area contributed by atoms with Gasteiger partial charge in [-0.2, -0.15) is 0 Å². The monoisotopic (exact) mass is 269 g/mol. The van der Waals surface area contributed by atoms with E-state index in [2.05, 4.69) is 24.4 Å². The van der Waals surface area contributed by atoms with E-state index >= 15 is 0 Å². The van der Waals surface area contributed by atoms with Gasteiger partial charge in [0.15, 0.2) is 0 Å². The Morgan fingerprint density at radius 2 is 2.17 bits per heavy atom.